The van der Waals surface area contributed by atoms with Crippen LogP contribution >= 0.6 is 11.6 Å². The van der Waals surface area contributed by atoms with Crippen molar-refractivity contribution < 1.29 is 13.2 Å². The molecule has 0 saturated carbocycles. The van der Waals surface area contributed by atoms with Crippen LogP contribution in [0, 0.1) is 11.3 Å². The van der Waals surface area contributed by atoms with Crippen LogP contribution < -0.4 is 5.32 Å². The van der Waals surface area contributed by atoms with Gasteiger partial charge in [0.2, 0.25) is 15.9 Å². The minimum atomic E-state index is -3.57. The van der Waals surface area contributed by atoms with E-state index in [0.29, 0.717) is 42.5 Å². The monoisotopic (exact) mass is 418 g/mol. The zero-order valence-electron chi connectivity index (χ0n) is 15.0. The molecule has 0 radical (unpaired) electrons. The standard InChI is InChI=1S/C19H19ClN4O3S/c20-16-4-6-18(7-5-16)28(26,27)24-10-8-23(9-11-24)14-19(25)22-17-3-1-2-15(12-17)13-21/h1-7,12H,8-11,14H2,(H,22,25). The molecule has 0 unspecified atom stereocenters. The maximum absolute atomic E-state index is 12.7. The molecule has 0 aliphatic carbocycles. The lowest BCUT2D eigenvalue weighted by Gasteiger charge is -2.33. The molecule has 1 saturated heterocycles. The highest BCUT2D eigenvalue weighted by molar-refractivity contribution is 7.89. The predicted octanol–water partition coefficient (Wildman–Crippen LogP) is 2.16. The molecule has 2 aromatic carbocycles. The van der Waals surface area contributed by atoms with Gasteiger partial charge < -0.3 is 5.32 Å². The number of hydrogen-bond donors (Lipinski definition) is 1. The molecule has 0 spiro atoms. The largest absolute Gasteiger partial charge is 0.325 e. The lowest BCUT2D eigenvalue weighted by atomic mass is 10.2. The molecule has 2 aromatic rings. The van der Waals surface area contributed by atoms with Crippen LogP contribution in [0.4, 0.5) is 5.69 Å². The van der Waals surface area contributed by atoms with E-state index in [9.17, 15) is 13.2 Å². The van der Waals surface area contributed by atoms with E-state index < -0.39 is 10.0 Å². The van der Waals surface area contributed by atoms with Gasteiger partial charge in [-0.1, -0.05) is 17.7 Å². The molecule has 1 aliphatic heterocycles. The summed E-state index contributed by atoms with van der Waals surface area (Å²) < 4.78 is 26.8. The molecule has 3 rings (SSSR count). The van der Waals surface area contributed by atoms with Gasteiger partial charge in [0.1, 0.15) is 0 Å². The summed E-state index contributed by atoms with van der Waals surface area (Å²) in [4.78, 5) is 14.3. The molecular formula is C19H19ClN4O3S. The van der Waals surface area contributed by atoms with Gasteiger partial charge in [-0.3, -0.25) is 9.69 Å². The van der Waals surface area contributed by atoms with E-state index in [2.05, 4.69) is 5.32 Å². The van der Waals surface area contributed by atoms with Crippen molar-refractivity contribution in [1.82, 2.24) is 9.21 Å². The van der Waals surface area contributed by atoms with Gasteiger partial charge in [-0.25, -0.2) is 8.42 Å². The van der Waals surface area contributed by atoms with Crippen molar-refractivity contribution in [2.45, 2.75) is 4.90 Å². The Labute approximate surface area is 169 Å². The lowest BCUT2D eigenvalue weighted by molar-refractivity contribution is -0.117. The van der Waals surface area contributed by atoms with Crippen molar-refractivity contribution >= 4 is 33.2 Å². The molecule has 146 valence electrons. The van der Waals surface area contributed by atoms with E-state index in [1.165, 1.54) is 16.4 Å². The fraction of sp³-hybridized carbons (Fsp3) is 0.263. The second-order valence-corrected chi connectivity index (χ2v) is 8.75. The number of amides is 1. The zero-order valence-corrected chi connectivity index (χ0v) is 16.6. The first-order valence-electron chi connectivity index (χ1n) is 8.66. The van der Waals surface area contributed by atoms with Crippen molar-refractivity contribution in [3.8, 4) is 6.07 Å². The molecule has 0 bridgehead atoms. The first kappa shape index (κ1) is 20.3. The normalized spacial score (nSPS) is 15.7. The summed E-state index contributed by atoms with van der Waals surface area (Å²) in [5.41, 5.74) is 1.03. The first-order chi connectivity index (χ1) is 13.4. The number of anilines is 1. The first-order valence-corrected chi connectivity index (χ1v) is 10.5. The Bertz CT molecular complexity index is 995. The number of halogens is 1. The maximum atomic E-state index is 12.7. The number of carbonyl (C=O) groups is 1. The highest BCUT2D eigenvalue weighted by Crippen LogP contribution is 2.20. The van der Waals surface area contributed by atoms with Gasteiger partial charge in [-0.05, 0) is 42.5 Å². The van der Waals surface area contributed by atoms with Crippen LogP contribution in [-0.2, 0) is 14.8 Å². The molecule has 1 N–H and O–H groups in total. The van der Waals surface area contributed by atoms with Gasteiger partial charge in [0, 0.05) is 36.9 Å². The summed E-state index contributed by atoms with van der Waals surface area (Å²) in [6, 6.07) is 14.8. The third kappa shape index (κ3) is 4.88. The topological polar surface area (TPSA) is 93.5 Å². The fourth-order valence-corrected chi connectivity index (χ4v) is 4.50. The number of nitrogens with one attached hydrogen (secondary N) is 1. The van der Waals surface area contributed by atoms with E-state index in [1.54, 1.807) is 36.4 Å². The van der Waals surface area contributed by atoms with Crippen LogP contribution in [0.5, 0.6) is 0 Å². The quantitative estimate of drug-likeness (QED) is 0.803. The Hall–Kier alpha value is -2.44. The van der Waals surface area contributed by atoms with Crippen LogP contribution in [-0.4, -0.2) is 56.3 Å². The van der Waals surface area contributed by atoms with Crippen LogP contribution in [0.2, 0.25) is 5.02 Å². The summed E-state index contributed by atoms with van der Waals surface area (Å²) >= 11 is 5.82. The van der Waals surface area contributed by atoms with Crippen molar-refractivity contribution in [3.05, 3.63) is 59.1 Å². The second-order valence-electron chi connectivity index (χ2n) is 6.37. The molecule has 0 aromatic heterocycles. The molecule has 1 aliphatic rings. The van der Waals surface area contributed by atoms with Gasteiger partial charge in [0.25, 0.3) is 0 Å². The van der Waals surface area contributed by atoms with Gasteiger partial charge in [-0.15, -0.1) is 0 Å². The molecule has 9 heteroatoms. The molecule has 0 atom stereocenters. The smallest absolute Gasteiger partial charge is 0.243 e. The van der Waals surface area contributed by atoms with Crippen LogP contribution in [0.25, 0.3) is 0 Å². The Morgan fingerprint density at radius 3 is 2.43 bits per heavy atom. The van der Waals surface area contributed by atoms with Gasteiger partial charge in [-0.2, -0.15) is 9.57 Å². The number of hydrogen-bond acceptors (Lipinski definition) is 5. The number of piperazine rings is 1. The third-order valence-electron chi connectivity index (χ3n) is 4.43. The lowest BCUT2D eigenvalue weighted by Crippen LogP contribution is -2.50. The number of sulfonamides is 1. The Morgan fingerprint density at radius 1 is 1.11 bits per heavy atom. The number of nitrogens with zero attached hydrogens (tertiary/aromatic N) is 3. The maximum Gasteiger partial charge on any atom is 0.243 e. The van der Waals surface area contributed by atoms with Crippen molar-refractivity contribution in [2.75, 3.05) is 38.0 Å². The Kier molecular flexibility index (Phi) is 6.31. The number of nitriles is 1. The molecule has 1 heterocycles. The van der Waals surface area contributed by atoms with E-state index in [-0.39, 0.29) is 17.3 Å². The molecule has 1 amide bonds. The van der Waals surface area contributed by atoms with E-state index in [1.807, 2.05) is 11.0 Å². The summed E-state index contributed by atoms with van der Waals surface area (Å²) in [5.74, 6) is -0.205. The van der Waals surface area contributed by atoms with E-state index >= 15 is 0 Å². The number of carbonyl (C=O) groups excluding carboxylic acids is 1. The highest BCUT2D eigenvalue weighted by Gasteiger charge is 2.29. The fourth-order valence-electron chi connectivity index (χ4n) is 2.95. The third-order valence-corrected chi connectivity index (χ3v) is 6.59. The van der Waals surface area contributed by atoms with Crippen LogP contribution in [0.15, 0.2) is 53.4 Å². The molecule has 7 nitrogen and oxygen atoms in total. The van der Waals surface area contributed by atoms with Crippen molar-refractivity contribution in [1.29, 1.82) is 5.26 Å². The average Bonchev–Trinajstić information content (AvgIpc) is 2.69. The average molecular weight is 419 g/mol. The predicted molar refractivity (Wildman–Crippen MR) is 106 cm³/mol. The molecular weight excluding hydrogens is 400 g/mol. The summed E-state index contributed by atoms with van der Waals surface area (Å²) in [7, 11) is -3.57. The SMILES string of the molecule is N#Cc1cccc(NC(=O)CN2CCN(S(=O)(=O)c3ccc(Cl)cc3)CC2)c1. The van der Waals surface area contributed by atoms with Crippen molar-refractivity contribution in [2.24, 2.45) is 0 Å². The molecule has 28 heavy (non-hydrogen) atoms. The van der Waals surface area contributed by atoms with Gasteiger partial charge >= 0.3 is 0 Å². The van der Waals surface area contributed by atoms with Crippen LogP contribution in [0.3, 0.4) is 0 Å². The highest BCUT2D eigenvalue weighted by atomic mass is 35.5. The van der Waals surface area contributed by atoms with Gasteiger partial charge in [0.15, 0.2) is 0 Å². The molecule has 1 fully saturated rings. The number of benzene rings is 2. The number of rotatable bonds is 5. The summed E-state index contributed by atoms with van der Waals surface area (Å²) in [6.45, 7) is 1.69. The van der Waals surface area contributed by atoms with Crippen molar-refractivity contribution in [3.63, 3.8) is 0 Å². The Balaban J connectivity index is 1.54. The zero-order chi connectivity index (χ0) is 20.1. The Morgan fingerprint density at radius 2 is 1.79 bits per heavy atom. The summed E-state index contributed by atoms with van der Waals surface area (Å²) in [6.07, 6.45) is 0. The summed E-state index contributed by atoms with van der Waals surface area (Å²) in [5, 5.41) is 12.2. The minimum Gasteiger partial charge on any atom is -0.325 e. The van der Waals surface area contributed by atoms with Crippen LogP contribution in [0.1, 0.15) is 5.56 Å². The second kappa shape index (κ2) is 8.71. The van der Waals surface area contributed by atoms with Gasteiger partial charge in [0.05, 0.1) is 23.1 Å². The van der Waals surface area contributed by atoms with E-state index in [4.69, 9.17) is 16.9 Å². The minimum absolute atomic E-state index is 0.158. The van der Waals surface area contributed by atoms with E-state index in [0.717, 1.165) is 0 Å².